The van der Waals surface area contributed by atoms with Crippen molar-refractivity contribution in [2.45, 2.75) is 31.7 Å². The van der Waals surface area contributed by atoms with Crippen LogP contribution in [0.5, 0.6) is 0 Å². The van der Waals surface area contributed by atoms with Crippen LogP contribution >= 0.6 is 46.4 Å². The third-order valence-corrected chi connectivity index (χ3v) is 7.43. The predicted molar refractivity (Wildman–Crippen MR) is 115 cm³/mol. The molecule has 3 saturated carbocycles. The molecular formula is C20H17Cl4N3O2. The van der Waals surface area contributed by atoms with Crippen molar-refractivity contribution in [1.82, 2.24) is 10.3 Å². The van der Waals surface area contributed by atoms with E-state index in [0.717, 1.165) is 19.3 Å². The number of anilines is 1. The number of benzene rings is 1. The van der Waals surface area contributed by atoms with Gasteiger partial charge in [-0.15, -0.1) is 0 Å². The van der Waals surface area contributed by atoms with Crippen LogP contribution in [0.3, 0.4) is 0 Å². The Labute approximate surface area is 188 Å². The molecule has 29 heavy (non-hydrogen) atoms. The van der Waals surface area contributed by atoms with Crippen LogP contribution in [0.25, 0.3) is 0 Å². The van der Waals surface area contributed by atoms with E-state index in [4.69, 9.17) is 46.4 Å². The van der Waals surface area contributed by atoms with Gasteiger partial charge in [-0.3, -0.25) is 9.59 Å². The van der Waals surface area contributed by atoms with Gasteiger partial charge in [0, 0.05) is 17.0 Å². The number of carbonyl (C=O) groups is 2. The van der Waals surface area contributed by atoms with E-state index in [2.05, 4.69) is 15.6 Å². The Balaban J connectivity index is 1.35. The lowest BCUT2D eigenvalue weighted by atomic mass is 9.36. The molecule has 0 radical (unpaired) electrons. The third-order valence-electron chi connectivity index (χ3n) is 6.01. The highest BCUT2D eigenvalue weighted by molar-refractivity contribution is 6.42. The van der Waals surface area contributed by atoms with Gasteiger partial charge in [0.2, 0.25) is 5.91 Å². The molecule has 2 aromatic rings. The molecule has 2 amide bonds. The van der Waals surface area contributed by atoms with E-state index in [0.29, 0.717) is 21.3 Å². The van der Waals surface area contributed by atoms with Gasteiger partial charge >= 0.3 is 0 Å². The molecule has 1 unspecified atom stereocenters. The number of aromatic nitrogens is 1. The molecule has 0 saturated heterocycles. The van der Waals surface area contributed by atoms with Crippen LogP contribution in [-0.4, -0.2) is 22.3 Å². The summed E-state index contributed by atoms with van der Waals surface area (Å²) in [5, 5.41) is 7.16. The zero-order chi connectivity index (χ0) is 21.0. The summed E-state index contributed by atoms with van der Waals surface area (Å²) >= 11 is 23.6. The van der Waals surface area contributed by atoms with Crippen LogP contribution in [0.2, 0.25) is 20.2 Å². The van der Waals surface area contributed by atoms with Crippen LogP contribution in [0.15, 0.2) is 30.5 Å². The number of nitrogens with one attached hydrogen (secondary N) is 2. The van der Waals surface area contributed by atoms with Crippen molar-refractivity contribution in [2.75, 3.05) is 5.32 Å². The molecule has 1 atom stereocenters. The van der Waals surface area contributed by atoms with Gasteiger partial charge in [-0.05, 0) is 48.9 Å². The van der Waals surface area contributed by atoms with Gasteiger partial charge < -0.3 is 10.6 Å². The minimum atomic E-state index is -0.247. The lowest BCUT2D eigenvalue weighted by molar-refractivity contribution is -0.184. The number of hydrogen-bond acceptors (Lipinski definition) is 3. The van der Waals surface area contributed by atoms with Crippen molar-refractivity contribution in [3.05, 3.63) is 56.2 Å². The molecule has 3 fully saturated rings. The summed E-state index contributed by atoms with van der Waals surface area (Å²) in [6.07, 6.45) is 3.77. The lowest BCUT2D eigenvalue weighted by Crippen LogP contribution is -2.77. The van der Waals surface area contributed by atoms with E-state index < -0.39 is 0 Å². The van der Waals surface area contributed by atoms with Crippen molar-refractivity contribution in [2.24, 2.45) is 11.3 Å². The summed E-state index contributed by atoms with van der Waals surface area (Å²) in [5.41, 5.74) is 0.628. The quantitative estimate of drug-likeness (QED) is 0.554. The Bertz CT molecular complexity index is 1010. The fourth-order valence-corrected chi connectivity index (χ4v) is 4.99. The van der Waals surface area contributed by atoms with Crippen LogP contribution in [0.4, 0.5) is 5.69 Å². The van der Waals surface area contributed by atoms with E-state index in [1.807, 2.05) is 6.92 Å². The Hall–Kier alpha value is -1.53. The van der Waals surface area contributed by atoms with E-state index >= 15 is 0 Å². The summed E-state index contributed by atoms with van der Waals surface area (Å²) in [7, 11) is 0. The van der Waals surface area contributed by atoms with E-state index in [1.54, 1.807) is 24.3 Å². The fourth-order valence-electron chi connectivity index (χ4n) is 4.43. The van der Waals surface area contributed by atoms with Crippen molar-refractivity contribution in [3.8, 4) is 0 Å². The second-order valence-electron chi connectivity index (χ2n) is 7.96. The Kier molecular flexibility index (Phi) is 5.23. The molecule has 3 aliphatic rings. The fraction of sp³-hybridized carbons (Fsp3) is 0.350. The van der Waals surface area contributed by atoms with Gasteiger partial charge in [0.05, 0.1) is 27.0 Å². The van der Waals surface area contributed by atoms with Crippen LogP contribution in [-0.2, 0) is 4.79 Å². The molecule has 152 valence electrons. The Morgan fingerprint density at radius 2 is 1.72 bits per heavy atom. The maximum Gasteiger partial charge on any atom is 0.251 e. The monoisotopic (exact) mass is 471 g/mol. The number of nitrogens with zero attached hydrogens (tertiary/aromatic N) is 1. The first-order chi connectivity index (χ1) is 13.6. The minimum Gasteiger partial charge on any atom is -0.347 e. The molecule has 1 heterocycles. The van der Waals surface area contributed by atoms with Gasteiger partial charge in [0.1, 0.15) is 5.15 Å². The topological polar surface area (TPSA) is 71.1 Å². The SMILES string of the molecule is CC(C(=O)Nc1cnc(Cl)c(Cl)c1)C12CC(NC(=O)c3ccc(Cl)c(Cl)c3)(C1)C2. The van der Waals surface area contributed by atoms with Crippen molar-refractivity contribution < 1.29 is 9.59 Å². The van der Waals surface area contributed by atoms with Crippen LogP contribution in [0, 0.1) is 11.3 Å². The second kappa shape index (κ2) is 7.31. The standard InChI is InChI=1S/C20H17Cl4N3O2/c1-10(17(28)26-12-5-15(23)16(24)25-6-12)19-7-20(8-19,9-19)27-18(29)11-2-3-13(21)14(22)4-11/h2-6,10H,7-9H2,1H3,(H,26,28)(H,27,29). The normalized spacial score (nSPS) is 25.4. The van der Waals surface area contributed by atoms with Crippen LogP contribution < -0.4 is 10.6 Å². The van der Waals surface area contributed by atoms with Gasteiger partial charge in [0.15, 0.2) is 0 Å². The second-order valence-corrected chi connectivity index (χ2v) is 9.54. The lowest BCUT2D eigenvalue weighted by Gasteiger charge is -2.72. The van der Waals surface area contributed by atoms with Gasteiger partial charge in [-0.25, -0.2) is 4.98 Å². The van der Waals surface area contributed by atoms with Gasteiger partial charge in [-0.1, -0.05) is 53.3 Å². The molecule has 2 bridgehead atoms. The number of pyridine rings is 1. The first-order valence-electron chi connectivity index (χ1n) is 9.03. The number of carbonyl (C=O) groups excluding carboxylic acids is 2. The van der Waals surface area contributed by atoms with Crippen molar-refractivity contribution in [3.63, 3.8) is 0 Å². The Morgan fingerprint density at radius 3 is 2.34 bits per heavy atom. The summed E-state index contributed by atoms with van der Waals surface area (Å²) in [5.74, 6) is -0.495. The number of hydrogen-bond donors (Lipinski definition) is 2. The molecule has 2 N–H and O–H groups in total. The molecular weight excluding hydrogens is 456 g/mol. The molecule has 5 nitrogen and oxygen atoms in total. The molecule has 0 aliphatic heterocycles. The third kappa shape index (κ3) is 3.70. The molecule has 1 aromatic carbocycles. The highest BCUT2D eigenvalue weighted by Crippen LogP contribution is 2.70. The summed E-state index contributed by atoms with van der Waals surface area (Å²) in [6, 6.07) is 6.38. The number of rotatable bonds is 5. The van der Waals surface area contributed by atoms with Gasteiger partial charge in [0.25, 0.3) is 5.91 Å². The first kappa shape index (κ1) is 20.7. The average molecular weight is 473 g/mol. The van der Waals surface area contributed by atoms with Crippen molar-refractivity contribution in [1.29, 1.82) is 0 Å². The largest absolute Gasteiger partial charge is 0.347 e. The molecule has 3 aliphatic carbocycles. The maximum atomic E-state index is 12.7. The molecule has 0 spiro atoms. The van der Waals surface area contributed by atoms with Crippen LogP contribution in [0.1, 0.15) is 36.5 Å². The molecule has 5 rings (SSSR count). The highest BCUT2D eigenvalue weighted by Gasteiger charge is 2.71. The first-order valence-corrected chi connectivity index (χ1v) is 10.5. The average Bonchev–Trinajstić information content (AvgIpc) is 2.61. The number of halogens is 4. The number of amides is 2. The highest BCUT2D eigenvalue weighted by atomic mass is 35.5. The zero-order valence-corrected chi connectivity index (χ0v) is 18.4. The summed E-state index contributed by atoms with van der Waals surface area (Å²) < 4.78 is 0. The minimum absolute atomic E-state index is 0.0986. The Morgan fingerprint density at radius 1 is 1.03 bits per heavy atom. The summed E-state index contributed by atoms with van der Waals surface area (Å²) in [4.78, 5) is 29.1. The summed E-state index contributed by atoms with van der Waals surface area (Å²) in [6.45, 7) is 1.91. The zero-order valence-electron chi connectivity index (χ0n) is 15.4. The van der Waals surface area contributed by atoms with E-state index in [1.165, 1.54) is 6.20 Å². The maximum absolute atomic E-state index is 12.7. The predicted octanol–water partition coefficient (Wildman–Crippen LogP) is 5.62. The van der Waals surface area contributed by atoms with Gasteiger partial charge in [-0.2, -0.15) is 0 Å². The van der Waals surface area contributed by atoms with E-state index in [9.17, 15) is 9.59 Å². The molecule has 9 heteroatoms. The smallest absolute Gasteiger partial charge is 0.251 e. The van der Waals surface area contributed by atoms with Crippen molar-refractivity contribution >= 4 is 63.9 Å². The molecule has 1 aromatic heterocycles. The van der Waals surface area contributed by atoms with E-state index in [-0.39, 0.29) is 38.9 Å².